The Hall–Kier alpha value is -2.67. The molecular weight excluding hydrogens is 324 g/mol. The van der Waals surface area contributed by atoms with Crippen molar-refractivity contribution < 1.29 is 9.47 Å². The van der Waals surface area contributed by atoms with Crippen molar-refractivity contribution in [2.45, 2.75) is 17.1 Å². The number of nitrogens with one attached hydrogen (secondary N) is 1. The molecule has 0 spiro atoms. The number of aromatic nitrogens is 3. The molecule has 2 aromatic carbocycles. The Bertz CT molecular complexity index is 838. The molecule has 4 rings (SSSR count). The highest BCUT2D eigenvalue weighted by atomic mass is 32.2. The van der Waals surface area contributed by atoms with Gasteiger partial charge >= 0.3 is 0 Å². The van der Waals surface area contributed by atoms with E-state index >= 15 is 0 Å². The van der Waals surface area contributed by atoms with Crippen LogP contribution in [0.4, 0.5) is 0 Å². The zero-order valence-electron chi connectivity index (χ0n) is 13.0. The summed E-state index contributed by atoms with van der Waals surface area (Å²) in [6.45, 7) is 0.350. The van der Waals surface area contributed by atoms with Crippen molar-refractivity contribution in [3.63, 3.8) is 0 Å². The summed E-state index contributed by atoms with van der Waals surface area (Å²) >= 11 is 1.60. The summed E-state index contributed by atoms with van der Waals surface area (Å²) in [6, 6.07) is 17.6. The van der Waals surface area contributed by atoms with Crippen molar-refractivity contribution in [3.8, 4) is 11.5 Å². The second kappa shape index (κ2) is 6.45. The fraction of sp³-hybridized carbons (Fsp3) is 0.176. The second-order valence-corrected chi connectivity index (χ2v) is 6.28. The predicted octanol–water partition coefficient (Wildman–Crippen LogP) is 3.21. The SMILES string of the molecule is COc1ccccc1[C@H]1Nn2c(COc3ccccc3)nnc2S1. The Morgan fingerprint density at radius 1 is 1.08 bits per heavy atom. The van der Waals surface area contributed by atoms with E-state index in [0.717, 1.165) is 28.0 Å². The van der Waals surface area contributed by atoms with E-state index in [9.17, 15) is 0 Å². The Balaban J connectivity index is 1.50. The molecule has 1 N–H and O–H groups in total. The van der Waals surface area contributed by atoms with E-state index in [0.29, 0.717) is 6.61 Å². The largest absolute Gasteiger partial charge is 0.496 e. The summed E-state index contributed by atoms with van der Waals surface area (Å²) < 4.78 is 13.1. The minimum atomic E-state index is 0.0297. The van der Waals surface area contributed by atoms with Gasteiger partial charge < -0.3 is 14.9 Å². The van der Waals surface area contributed by atoms with Crippen LogP contribution in [0.25, 0.3) is 0 Å². The molecular formula is C17H16N4O2S. The van der Waals surface area contributed by atoms with Crippen LogP contribution in [0.15, 0.2) is 59.8 Å². The third-order valence-electron chi connectivity index (χ3n) is 3.70. The normalized spacial score (nSPS) is 15.6. The fourth-order valence-electron chi connectivity index (χ4n) is 2.53. The number of methoxy groups -OCH3 is 1. The molecule has 0 bridgehead atoms. The first-order valence-corrected chi connectivity index (χ1v) is 8.41. The smallest absolute Gasteiger partial charge is 0.212 e. The summed E-state index contributed by atoms with van der Waals surface area (Å²) in [7, 11) is 1.68. The zero-order valence-corrected chi connectivity index (χ0v) is 13.9. The number of fused-ring (bicyclic) bond motifs is 1. The van der Waals surface area contributed by atoms with Crippen LogP contribution in [0.5, 0.6) is 11.5 Å². The quantitative estimate of drug-likeness (QED) is 0.769. The summed E-state index contributed by atoms with van der Waals surface area (Å²) in [5.41, 5.74) is 4.48. The van der Waals surface area contributed by atoms with Gasteiger partial charge in [0, 0.05) is 5.56 Å². The van der Waals surface area contributed by atoms with Gasteiger partial charge in [-0.05, 0) is 18.2 Å². The van der Waals surface area contributed by atoms with Crippen molar-refractivity contribution in [1.29, 1.82) is 0 Å². The topological polar surface area (TPSA) is 61.2 Å². The van der Waals surface area contributed by atoms with E-state index in [1.807, 2.05) is 59.3 Å². The third-order valence-corrected chi connectivity index (χ3v) is 4.77. The highest BCUT2D eigenvalue weighted by Crippen LogP contribution is 2.41. The lowest BCUT2D eigenvalue weighted by Crippen LogP contribution is -2.17. The molecule has 1 aliphatic rings. The minimum Gasteiger partial charge on any atom is -0.496 e. The number of nitrogens with zero attached hydrogens (tertiary/aromatic N) is 3. The van der Waals surface area contributed by atoms with Crippen LogP contribution in [0, 0.1) is 0 Å². The van der Waals surface area contributed by atoms with E-state index in [1.54, 1.807) is 18.9 Å². The van der Waals surface area contributed by atoms with Crippen LogP contribution in [0.3, 0.4) is 0 Å². The molecule has 1 atom stereocenters. The molecule has 1 aliphatic heterocycles. The Kier molecular flexibility index (Phi) is 4.00. The van der Waals surface area contributed by atoms with Crippen molar-refractivity contribution in [1.82, 2.24) is 14.9 Å². The maximum absolute atomic E-state index is 5.76. The number of benzene rings is 2. The van der Waals surface area contributed by atoms with E-state index < -0.39 is 0 Å². The lowest BCUT2D eigenvalue weighted by atomic mass is 10.2. The highest BCUT2D eigenvalue weighted by Gasteiger charge is 2.29. The van der Waals surface area contributed by atoms with Crippen molar-refractivity contribution in [3.05, 3.63) is 66.0 Å². The average Bonchev–Trinajstić information content (AvgIpc) is 3.22. The van der Waals surface area contributed by atoms with Gasteiger partial charge in [-0.25, -0.2) is 4.68 Å². The first kappa shape index (κ1) is 14.9. The molecule has 0 fully saturated rings. The number of ether oxygens (including phenoxy) is 2. The molecule has 1 aromatic heterocycles. The Morgan fingerprint density at radius 2 is 1.88 bits per heavy atom. The summed E-state index contributed by atoms with van der Waals surface area (Å²) in [5, 5.41) is 9.28. The molecule has 0 saturated carbocycles. The molecule has 3 aromatic rings. The summed E-state index contributed by atoms with van der Waals surface area (Å²) in [5.74, 6) is 2.39. The van der Waals surface area contributed by atoms with Crippen molar-refractivity contribution in [2.24, 2.45) is 0 Å². The van der Waals surface area contributed by atoms with Gasteiger partial charge in [0.05, 0.1) is 7.11 Å². The number of rotatable bonds is 5. The van der Waals surface area contributed by atoms with Crippen LogP contribution in [0.1, 0.15) is 16.8 Å². The van der Waals surface area contributed by atoms with E-state index in [-0.39, 0.29) is 5.37 Å². The molecule has 0 aliphatic carbocycles. The zero-order chi connectivity index (χ0) is 16.4. The first-order chi connectivity index (χ1) is 11.8. The second-order valence-electron chi connectivity index (χ2n) is 5.20. The lowest BCUT2D eigenvalue weighted by Gasteiger charge is -2.15. The van der Waals surface area contributed by atoms with Gasteiger partial charge in [-0.15, -0.1) is 10.2 Å². The Labute approximate surface area is 143 Å². The molecule has 2 heterocycles. The fourth-order valence-corrected chi connectivity index (χ4v) is 3.57. The van der Waals surface area contributed by atoms with E-state index in [1.165, 1.54) is 0 Å². The third kappa shape index (κ3) is 2.78. The standard InChI is InChI=1S/C17H16N4O2S/c1-22-14-10-6-5-9-13(14)16-20-21-15(18-19-17(21)24-16)11-23-12-7-3-2-4-8-12/h2-10,16,20H,11H2,1H3/t16-/m0/s1. The van der Waals surface area contributed by atoms with Crippen molar-refractivity contribution in [2.75, 3.05) is 12.5 Å². The van der Waals surface area contributed by atoms with Crippen LogP contribution in [0.2, 0.25) is 0 Å². The first-order valence-electron chi connectivity index (χ1n) is 7.53. The number of hydrogen-bond acceptors (Lipinski definition) is 6. The number of hydrogen-bond donors (Lipinski definition) is 1. The van der Waals surface area contributed by atoms with Crippen LogP contribution < -0.4 is 14.9 Å². The molecule has 0 unspecified atom stereocenters. The van der Waals surface area contributed by atoms with Gasteiger partial charge in [0.2, 0.25) is 5.16 Å². The molecule has 122 valence electrons. The van der Waals surface area contributed by atoms with Crippen LogP contribution >= 0.6 is 11.8 Å². The lowest BCUT2D eigenvalue weighted by molar-refractivity contribution is 0.291. The number of thioether (sulfide) groups is 1. The molecule has 6 nitrogen and oxygen atoms in total. The van der Waals surface area contributed by atoms with Crippen LogP contribution in [-0.2, 0) is 6.61 Å². The average molecular weight is 340 g/mol. The molecule has 24 heavy (non-hydrogen) atoms. The van der Waals surface area contributed by atoms with Gasteiger partial charge in [-0.3, -0.25) is 0 Å². The van der Waals surface area contributed by atoms with Crippen LogP contribution in [-0.4, -0.2) is 22.0 Å². The monoisotopic (exact) mass is 340 g/mol. The van der Waals surface area contributed by atoms with Gasteiger partial charge in [-0.1, -0.05) is 48.2 Å². The highest BCUT2D eigenvalue weighted by molar-refractivity contribution is 7.99. The van der Waals surface area contributed by atoms with Gasteiger partial charge in [-0.2, -0.15) is 0 Å². The van der Waals surface area contributed by atoms with E-state index in [4.69, 9.17) is 9.47 Å². The maximum atomic E-state index is 5.76. The minimum absolute atomic E-state index is 0.0297. The van der Waals surface area contributed by atoms with E-state index in [2.05, 4.69) is 15.6 Å². The Morgan fingerprint density at radius 3 is 2.71 bits per heavy atom. The van der Waals surface area contributed by atoms with Crippen molar-refractivity contribution >= 4 is 11.8 Å². The van der Waals surface area contributed by atoms with Gasteiger partial charge in [0.25, 0.3) is 0 Å². The predicted molar refractivity (Wildman–Crippen MR) is 91.7 cm³/mol. The number of para-hydroxylation sites is 2. The van der Waals surface area contributed by atoms with Gasteiger partial charge in [0.1, 0.15) is 23.5 Å². The summed E-state index contributed by atoms with van der Waals surface area (Å²) in [6.07, 6.45) is 0. The summed E-state index contributed by atoms with van der Waals surface area (Å²) in [4.78, 5) is 0. The van der Waals surface area contributed by atoms with Gasteiger partial charge in [0.15, 0.2) is 5.82 Å². The maximum Gasteiger partial charge on any atom is 0.212 e. The molecule has 0 radical (unpaired) electrons. The molecule has 7 heteroatoms. The molecule has 0 saturated heterocycles. The molecule has 0 amide bonds.